The van der Waals surface area contributed by atoms with Gasteiger partial charge < -0.3 is 20.7 Å². The summed E-state index contributed by atoms with van der Waals surface area (Å²) >= 11 is 1.66. The third-order valence-corrected chi connectivity index (χ3v) is 5.31. The summed E-state index contributed by atoms with van der Waals surface area (Å²) in [5, 5.41) is 17.3. The lowest BCUT2D eigenvalue weighted by atomic mass is 10.1. The number of anilines is 1. The zero-order chi connectivity index (χ0) is 17.8. The molecule has 25 heavy (non-hydrogen) atoms. The van der Waals surface area contributed by atoms with Crippen LogP contribution in [0.1, 0.15) is 16.0 Å². The first-order valence-electron chi connectivity index (χ1n) is 8.20. The number of benzene rings is 1. The summed E-state index contributed by atoms with van der Waals surface area (Å²) in [6, 6.07) is 5.65. The predicted molar refractivity (Wildman–Crippen MR) is 101 cm³/mol. The van der Waals surface area contributed by atoms with E-state index in [0.717, 1.165) is 34.3 Å². The van der Waals surface area contributed by atoms with E-state index in [1.807, 2.05) is 37.4 Å². The lowest BCUT2D eigenvalue weighted by Crippen LogP contribution is -2.35. The molecule has 7 heteroatoms. The number of aliphatic hydroxyl groups excluding tert-OH is 1. The summed E-state index contributed by atoms with van der Waals surface area (Å²) in [6.07, 6.45) is 2.41. The lowest BCUT2D eigenvalue weighted by Gasteiger charge is -2.16. The fourth-order valence-corrected chi connectivity index (χ4v) is 3.61. The minimum absolute atomic E-state index is 0.00215. The van der Waals surface area contributed by atoms with Gasteiger partial charge in [0.25, 0.3) is 0 Å². The second kappa shape index (κ2) is 7.67. The van der Waals surface area contributed by atoms with Crippen molar-refractivity contribution in [3.63, 3.8) is 0 Å². The Labute approximate surface area is 150 Å². The zero-order valence-electron chi connectivity index (χ0n) is 14.3. The monoisotopic (exact) mass is 358 g/mol. The Balaban J connectivity index is 1.61. The highest BCUT2D eigenvalue weighted by Crippen LogP contribution is 2.26. The summed E-state index contributed by atoms with van der Waals surface area (Å²) in [5.74, 6) is 0.00215. The van der Waals surface area contributed by atoms with Gasteiger partial charge >= 0.3 is 6.03 Å². The topological polar surface area (TPSA) is 90.0 Å². The van der Waals surface area contributed by atoms with Crippen LogP contribution in [-0.2, 0) is 6.42 Å². The second-order valence-electron chi connectivity index (χ2n) is 6.14. The number of aromatic amines is 1. The molecular formula is C18H22N4O2S. The van der Waals surface area contributed by atoms with Gasteiger partial charge in [0, 0.05) is 29.6 Å². The number of fused-ring (bicyclic) bond motifs is 1. The normalized spacial score (nSPS) is 12.3. The first-order chi connectivity index (χ1) is 12.1. The Hall–Kier alpha value is -2.38. The quantitative estimate of drug-likeness (QED) is 0.545. The molecule has 0 aliphatic rings. The maximum Gasteiger partial charge on any atom is 0.319 e. The van der Waals surface area contributed by atoms with Crippen LogP contribution in [0, 0.1) is 19.8 Å². The van der Waals surface area contributed by atoms with Crippen LogP contribution in [0.25, 0.3) is 11.0 Å². The molecule has 6 nitrogen and oxygen atoms in total. The molecule has 2 amide bonds. The Morgan fingerprint density at radius 3 is 2.96 bits per heavy atom. The molecule has 0 aliphatic heterocycles. The number of urea groups is 1. The number of thiophene rings is 1. The van der Waals surface area contributed by atoms with E-state index in [1.54, 1.807) is 17.7 Å². The summed E-state index contributed by atoms with van der Waals surface area (Å²) in [5.41, 5.74) is 4.60. The third kappa shape index (κ3) is 4.00. The first kappa shape index (κ1) is 17.4. The molecule has 0 fully saturated rings. The van der Waals surface area contributed by atoms with Crippen molar-refractivity contribution in [2.75, 3.05) is 18.5 Å². The van der Waals surface area contributed by atoms with Gasteiger partial charge in [0.1, 0.15) is 0 Å². The number of nitrogens with one attached hydrogen (secondary N) is 3. The number of carbonyl (C=O) groups is 1. The number of amides is 2. The standard InChI is InChI=1S/C18H22N4O2S/c1-11-12(2)17-16(20-10-21-17)7-15(11)22-18(24)19-8-13(9-23)6-14-4-3-5-25-14/h3-5,7,10,13,23H,6,8-9H2,1-2H3,(H,20,21)(H2,19,22,24). The molecule has 1 atom stereocenters. The number of aliphatic hydroxyl groups is 1. The van der Waals surface area contributed by atoms with Crippen molar-refractivity contribution in [3.8, 4) is 0 Å². The summed E-state index contributed by atoms with van der Waals surface area (Å²) in [6.45, 7) is 4.41. The molecule has 0 aliphatic carbocycles. The highest BCUT2D eigenvalue weighted by Gasteiger charge is 2.14. The van der Waals surface area contributed by atoms with Gasteiger partial charge in [-0.1, -0.05) is 6.07 Å². The number of rotatable bonds is 6. The van der Waals surface area contributed by atoms with Crippen LogP contribution in [0.2, 0.25) is 0 Å². The van der Waals surface area contributed by atoms with Crippen molar-refractivity contribution in [2.45, 2.75) is 20.3 Å². The van der Waals surface area contributed by atoms with E-state index < -0.39 is 0 Å². The van der Waals surface area contributed by atoms with Crippen LogP contribution in [-0.4, -0.2) is 34.3 Å². The van der Waals surface area contributed by atoms with Crippen molar-refractivity contribution in [2.24, 2.45) is 5.92 Å². The van der Waals surface area contributed by atoms with E-state index in [4.69, 9.17) is 0 Å². The largest absolute Gasteiger partial charge is 0.396 e. The summed E-state index contributed by atoms with van der Waals surface area (Å²) < 4.78 is 0. The number of aryl methyl sites for hydroxylation is 1. The molecule has 3 rings (SSSR count). The van der Waals surface area contributed by atoms with Crippen molar-refractivity contribution in [1.29, 1.82) is 0 Å². The van der Waals surface area contributed by atoms with Crippen LogP contribution in [0.15, 0.2) is 29.9 Å². The van der Waals surface area contributed by atoms with Gasteiger partial charge in [0.2, 0.25) is 0 Å². The smallest absolute Gasteiger partial charge is 0.319 e. The molecule has 2 heterocycles. The number of hydrogen-bond acceptors (Lipinski definition) is 4. The minimum Gasteiger partial charge on any atom is -0.396 e. The number of hydrogen-bond donors (Lipinski definition) is 4. The number of carbonyl (C=O) groups excluding carboxylic acids is 1. The van der Waals surface area contributed by atoms with Crippen LogP contribution in [0.3, 0.4) is 0 Å². The van der Waals surface area contributed by atoms with E-state index in [0.29, 0.717) is 6.54 Å². The fourth-order valence-electron chi connectivity index (χ4n) is 2.79. The zero-order valence-corrected chi connectivity index (χ0v) is 15.1. The molecule has 1 aromatic carbocycles. The van der Waals surface area contributed by atoms with Crippen molar-refractivity contribution < 1.29 is 9.90 Å². The fraction of sp³-hybridized carbons (Fsp3) is 0.333. The summed E-state index contributed by atoms with van der Waals surface area (Å²) in [4.78, 5) is 20.8. The van der Waals surface area contributed by atoms with Crippen molar-refractivity contribution in [1.82, 2.24) is 15.3 Å². The van der Waals surface area contributed by atoms with Crippen LogP contribution in [0.4, 0.5) is 10.5 Å². The van der Waals surface area contributed by atoms with E-state index in [1.165, 1.54) is 4.88 Å². The Bertz CT molecular complexity index is 857. The Kier molecular flexibility index (Phi) is 5.35. The molecule has 3 aromatic rings. The van der Waals surface area contributed by atoms with Gasteiger partial charge in [-0.05, 0) is 48.9 Å². The molecular weight excluding hydrogens is 336 g/mol. The number of imidazole rings is 1. The average Bonchev–Trinajstić information content (AvgIpc) is 3.27. The van der Waals surface area contributed by atoms with E-state index >= 15 is 0 Å². The van der Waals surface area contributed by atoms with E-state index in [-0.39, 0.29) is 18.6 Å². The van der Waals surface area contributed by atoms with Gasteiger partial charge in [-0.2, -0.15) is 0 Å². The Morgan fingerprint density at radius 2 is 2.24 bits per heavy atom. The molecule has 0 radical (unpaired) electrons. The van der Waals surface area contributed by atoms with Gasteiger partial charge in [-0.15, -0.1) is 11.3 Å². The molecule has 132 valence electrons. The van der Waals surface area contributed by atoms with Crippen molar-refractivity contribution in [3.05, 3.63) is 45.9 Å². The maximum absolute atomic E-state index is 12.2. The number of H-pyrrole nitrogens is 1. The molecule has 1 unspecified atom stereocenters. The lowest BCUT2D eigenvalue weighted by molar-refractivity contribution is 0.218. The van der Waals surface area contributed by atoms with Crippen molar-refractivity contribution >= 4 is 34.1 Å². The Morgan fingerprint density at radius 1 is 1.40 bits per heavy atom. The van der Waals surface area contributed by atoms with E-state index in [9.17, 15) is 9.90 Å². The molecule has 2 aromatic heterocycles. The maximum atomic E-state index is 12.2. The molecule has 0 saturated carbocycles. The number of nitrogens with zero attached hydrogens (tertiary/aromatic N) is 1. The van der Waals surface area contributed by atoms with Gasteiger partial charge in [-0.3, -0.25) is 0 Å². The third-order valence-electron chi connectivity index (χ3n) is 4.41. The van der Waals surface area contributed by atoms with Crippen LogP contribution in [0.5, 0.6) is 0 Å². The molecule has 0 spiro atoms. The summed E-state index contributed by atoms with van der Waals surface area (Å²) in [7, 11) is 0. The molecule has 0 bridgehead atoms. The van der Waals surface area contributed by atoms with Crippen LogP contribution < -0.4 is 10.6 Å². The number of aromatic nitrogens is 2. The highest BCUT2D eigenvalue weighted by molar-refractivity contribution is 7.09. The minimum atomic E-state index is -0.272. The molecule has 0 saturated heterocycles. The van der Waals surface area contributed by atoms with Gasteiger partial charge in [0.15, 0.2) is 0 Å². The highest BCUT2D eigenvalue weighted by atomic mass is 32.1. The predicted octanol–water partition coefficient (Wildman–Crippen LogP) is 3.21. The molecule has 4 N–H and O–H groups in total. The van der Waals surface area contributed by atoms with E-state index in [2.05, 4.69) is 20.6 Å². The van der Waals surface area contributed by atoms with Crippen LogP contribution >= 0.6 is 11.3 Å². The average molecular weight is 358 g/mol. The first-order valence-corrected chi connectivity index (χ1v) is 9.07. The second-order valence-corrected chi connectivity index (χ2v) is 7.17. The van der Waals surface area contributed by atoms with Gasteiger partial charge in [-0.25, -0.2) is 9.78 Å². The van der Waals surface area contributed by atoms with Gasteiger partial charge in [0.05, 0.1) is 17.4 Å². The SMILES string of the molecule is Cc1c(NC(=O)NCC(CO)Cc2cccs2)cc2[nH]cnc2c1C.